The fourth-order valence-corrected chi connectivity index (χ4v) is 2.57. The molecule has 5 heteroatoms. The van der Waals surface area contributed by atoms with Gasteiger partial charge in [0.25, 0.3) is 0 Å². The van der Waals surface area contributed by atoms with Gasteiger partial charge in [0.1, 0.15) is 0 Å². The molecule has 2 unspecified atom stereocenters. The number of rotatable bonds is 4. The number of likely N-dealkylation sites (tertiary alicyclic amines) is 1. The monoisotopic (exact) mass is 284 g/mol. The maximum atomic E-state index is 12.1. The number of hydrogen-bond donors (Lipinski definition) is 2. The second-order valence-electron chi connectivity index (χ2n) is 7.17. The molecule has 1 aliphatic rings. The molecular weight excluding hydrogens is 256 g/mol. The third-order valence-corrected chi connectivity index (χ3v) is 4.30. The Bertz CT molecular complexity index is 361. The van der Waals surface area contributed by atoms with Gasteiger partial charge >= 0.3 is 12.0 Å². The number of hydrogen-bond acceptors (Lipinski definition) is 2. The molecule has 5 nitrogen and oxygen atoms in total. The Labute approximate surface area is 121 Å². The molecule has 1 aliphatic heterocycles. The van der Waals surface area contributed by atoms with Gasteiger partial charge in [-0.25, -0.2) is 4.79 Å². The van der Waals surface area contributed by atoms with E-state index < -0.39 is 11.9 Å². The van der Waals surface area contributed by atoms with Gasteiger partial charge in [0.15, 0.2) is 0 Å². The Morgan fingerprint density at radius 2 is 1.95 bits per heavy atom. The van der Waals surface area contributed by atoms with Crippen LogP contribution >= 0.6 is 0 Å². The first kappa shape index (κ1) is 16.8. The Kier molecular flexibility index (Phi) is 5.42. The molecule has 0 spiro atoms. The van der Waals surface area contributed by atoms with E-state index in [2.05, 4.69) is 26.1 Å². The first-order chi connectivity index (χ1) is 9.12. The number of carbonyl (C=O) groups excluding carboxylic acids is 1. The van der Waals surface area contributed by atoms with Gasteiger partial charge < -0.3 is 15.3 Å². The molecule has 0 aromatic heterocycles. The second-order valence-corrected chi connectivity index (χ2v) is 7.17. The van der Waals surface area contributed by atoms with Crippen molar-refractivity contribution in [1.29, 1.82) is 0 Å². The number of carboxylic acid groups (broad SMARTS) is 1. The summed E-state index contributed by atoms with van der Waals surface area (Å²) in [6.07, 6.45) is 1.02. The Morgan fingerprint density at radius 3 is 2.35 bits per heavy atom. The van der Waals surface area contributed by atoms with Crippen LogP contribution in [-0.2, 0) is 4.79 Å². The van der Waals surface area contributed by atoms with Crippen molar-refractivity contribution < 1.29 is 14.7 Å². The molecule has 1 saturated heterocycles. The molecule has 0 saturated carbocycles. The highest BCUT2D eigenvalue weighted by Gasteiger charge is 2.34. The van der Waals surface area contributed by atoms with Gasteiger partial charge in [-0.15, -0.1) is 0 Å². The van der Waals surface area contributed by atoms with E-state index in [1.54, 1.807) is 4.90 Å². The molecule has 2 amide bonds. The van der Waals surface area contributed by atoms with Crippen LogP contribution < -0.4 is 5.32 Å². The molecule has 2 N–H and O–H groups in total. The summed E-state index contributed by atoms with van der Waals surface area (Å²) in [4.78, 5) is 25.0. The summed E-state index contributed by atoms with van der Waals surface area (Å²) >= 11 is 0. The fourth-order valence-electron chi connectivity index (χ4n) is 2.57. The lowest BCUT2D eigenvalue weighted by Crippen LogP contribution is -2.43. The van der Waals surface area contributed by atoms with Crippen LogP contribution in [-0.4, -0.2) is 41.6 Å². The molecule has 1 rings (SSSR count). The summed E-state index contributed by atoms with van der Waals surface area (Å²) in [6.45, 7) is 12.0. The van der Waals surface area contributed by atoms with Crippen molar-refractivity contribution in [2.75, 3.05) is 19.6 Å². The molecular formula is C15H28N2O3. The number of aliphatic carboxylic acids is 1. The summed E-state index contributed by atoms with van der Waals surface area (Å²) in [5.41, 5.74) is 0.205. The average molecular weight is 284 g/mol. The molecule has 116 valence electrons. The van der Waals surface area contributed by atoms with Crippen LogP contribution in [0.3, 0.4) is 0 Å². The lowest BCUT2D eigenvalue weighted by molar-refractivity contribution is -0.142. The van der Waals surface area contributed by atoms with E-state index in [0.717, 1.165) is 19.5 Å². The lowest BCUT2D eigenvalue weighted by atomic mass is 9.80. The second kappa shape index (κ2) is 6.46. The van der Waals surface area contributed by atoms with E-state index in [0.29, 0.717) is 5.92 Å². The predicted molar refractivity (Wildman–Crippen MR) is 78.5 cm³/mol. The number of nitrogens with one attached hydrogen (secondary N) is 1. The van der Waals surface area contributed by atoms with Crippen LogP contribution in [0.15, 0.2) is 0 Å². The number of carboxylic acids is 1. The SMILES string of the molecule is CC(C)C(CNC(=O)N1CCC(C(C)(C)C)C1)C(=O)O. The molecule has 20 heavy (non-hydrogen) atoms. The van der Waals surface area contributed by atoms with E-state index in [1.807, 2.05) is 13.8 Å². The van der Waals surface area contributed by atoms with Crippen molar-refractivity contribution in [2.24, 2.45) is 23.2 Å². The quantitative estimate of drug-likeness (QED) is 0.833. The zero-order valence-electron chi connectivity index (χ0n) is 13.3. The molecule has 1 heterocycles. The largest absolute Gasteiger partial charge is 0.481 e. The van der Waals surface area contributed by atoms with Gasteiger partial charge in [-0.3, -0.25) is 4.79 Å². The minimum atomic E-state index is -0.853. The summed E-state index contributed by atoms with van der Waals surface area (Å²) in [7, 11) is 0. The van der Waals surface area contributed by atoms with Crippen LogP contribution in [0.2, 0.25) is 0 Å². The maximum absolute atomic E-state index is 12.1. The van der Waals surface area contributed by atoms with Gasteiger partial charge in [0, 0.05) is 19.6 Å². The van der Waals surface area contributed by atoms with Crippen molar-refractivity contribution in [3.05, 3.63) is 0 Å². The standard InChI is InChI=1S/C15H28N2O3/c1-10(2)12(13(18)19)8-16-14(20)17-7-6-11(9-17)15(3,4)5/h10-12H,6-9H2,1-5H3,(H,16,20)(H,18,19). The van der Waals surface area contributed by atoms with Gasteiger partial charge in [-0.2, -0.15) is 0 Å². The first-order valence-electron chi connectivity index (χ1n) is 7.38. The van der Waals surface area contributed by atoms with E-state index in [4.69, 9.17) is 5.11 Å². The highest BCUT2D eigenvalue weighted by Crippen LogP contribution is 2.33. The Hall–Kier alpha value is -1.26. The molecule has 0 aliphatic carbocycles. The Morgan fingerprint density at radius 1 is 1.35 bits per heavy atom. The first-order valence-corrected chi connectivity index (χ1v) is 7.38. The van der Waals surface area contributed by atoms with Crippen LogP contribution in [0.4, 0.5) is 4.79 Å². The number of urea groups is 1. The van der Waals surface area contributed by atoms with Crippen LogP contribution in [0.5, 0.6) is 0 Å². The summed E-state index contributed by atoms with van der Waals surface area (Å²) in [6, 6.07) is -0.136. The molecule has 1 fully saturated rings. The minimum Gasteiger partial charge on any atom is -0.481 e. The molecule has 2 atom stereocenters. The maximum Gasteiger partial charge on any atom is 0.317 e. The number of amides is 2. The molecule has 0 bridgehead atoms. The van der Waals surface area contributed by atoms with Crippen molar-refractivity contribution in [3.8, 4) is 0 Å². The molecule has 0 aromatic carbocycles. The highest BCUT2D eigenvalue weighted by molar-refractivity contribution is 5.76. The van der Waals surface area contributed by atoms with Gasteiger partial charge in [0.2, 0.25) is 0 Å². The zero-order valence-corrected chi connectivity index (χ0v) is 13.3. The third kappa shape index (κ3) is 4.39. The van der Waals surface area contributed by atoms with Gasteiger partial charge in [-0.05, 0) is 23.7 Å². The van der Waals surface area contributed by atoms with Crippen LogP contribution in [0.25, 0.3) is 0 Å². The third-order valence-electron chi connectivity index (χ3n) is 4.30. The fraction of sp³-hybridized carbons (Fsp3) is 0.867. The number of carbonyl (C=O) groups is 2. The van der Waals surface area contributed by atoms with Gasteiger partial charge in [0.05, 0.1) is 5.92 Å². The predicted octanol–water partition coefficient (Wildman–Crippen LogP) is 2.42. The lowest BCUT2D eigenvalue weighted by Gasteiger charge is -2.27. The minimum absolute atomic E-state index is 0.00806. The summed E-state index contributed by atoms with van der Waals surface area (Å²) in [5.74, 6) is -0.864. The smallest absolute Gasteiger partial charge is 0.317 e. The topological polar surface area (TPSA) is 69.6 Å². The van der Waals surface area contributed by atoms with Crippen LogP contribution in [0.1, 0.15) is 41.0 Å². The highest BCUT2D eigenvalue weighted by atomic mass is 16.4. The van der Waals surface area contributed by atoms with Crippen molar-refractivity contribution in [3.63, 3.8) is 0 Å². The van der Waals surface area contributed by atoms with E-state index in [-0.39, 0.29) is 23.9 Å². The summed E-state index contributed by atoms with van der Waals surface area (Å²) in [5, 5.41) is 11.9. The van der Waals surface area contributed by atoms with E-state index in [9.17, 15) is 9.59 Å². The van der Waals surface area contributed by atoms with E-state index in [1.165, 1.54) is 0 Å². The van der Waals surface area contributed by atoms with E-state index >= 15 is 0 Å². The zero-order chi connectivity index (χ0) is 15.5. The Balaban J connectivity index is 2.47. The van der Waals surface area contributed by atoms with Crippen molar-refractivity contribution in [1.82, 2.24) is 10.2 Å². The normalized spacial score (nSPS) is 21.1. The summed E-state index contributed by atoms with van der Waals surface area (Å²) < 4.78 is 0. The molecule has 0 aromatic rings. The number of nitrogens with zero attached hydrogens (tertiary/aromatic N) is 1. The van der Waals surface area contributed by atoms with Crippen molar-refractivity contribution in [2.45, 2.75) is 41.0 Å². The molecule has 0 radical (unpaired) electrons. The van der Waals surface area contributed by atoms with Crippen LogP contribution in [0, 0.1) is 23.2 Å². The van der Waals surface area contributed by atoms with Gasteiger partial charge in [-0.1, -0.05) is 34.6 Å². The van der Waals surface area contributed by atoms with Crippen molar-refractivity contribution >= 4 is 12.0 Å². The average Bonchev–Trinajstić information content (AvgIpc) is 2.76.